The Labute approximate surface area is 98.5 Å². The molecule has 0 atom stereocenters. The lowest BCUT2D eigenvalue weighted by Crippen LogP contribution is -1.87. The van der Waals surface area contributed by atoms with E-state index in [1.165, 1.54) is 18.3 Å². The molecule has 2 rings (SSSR count). The number of nitrogens with one attached hydrogen (secondary N) is 1. The Hall–Kier alpha value is -1.25. The molecular weight excluding hydrogens is 279 g/mol. The summed E-state index contributed by atoms with van der Waals surface area (Å²) in [6, 6.07) is 4.62. The SMILES string of the molecule is N#Cc1c[nH]c2c(Br)cc(F)cc2c1=S. The van der Waals surface area contributed by atoms with E-state index in [4.69, 9.17) is 17.5 Å². The first-order valence-corrected chi connectivity index (χ1v) is 5.24. The summed E-state index contributed by atoms with van der Waals surface area (Å²) >= 11 is 8.31. The largest absolute Gasteiger partial charge is 0.359 e. The highest BCUT2D eigenvalue weighted by atomic mass is 79.9. The van der Waals surface area contributed by atoms with Crippen molar-refractivity contribution >= 4 is 39.1 Å². The van der Waals surface area contributed by atoms with Gasteiger partial charge in [-0.1, -0.05) is 12.2 Å². The van der Waals surface area contributed by atoms with Gasteiger partial charge in [0.25, 0.3) is 0 Å². The van der Waals surface area contributed by atoms with E-state index in [-0.39, 0.29) is 5.82 Å². The molecule has 0 amide bonds. The van der Waals surface area contributed by atoms with Crippen LogP contribution in [0.3, 0.4) is 0 Å². The van der Waals surface area contributed by atoms with E-state index >= 15 is 0 Å². The molecule has 1 heterocycles. The predicted molar refractivity (Wildman–Crippen MR) is 61.5 cm³/mol. The smallest absolute Gasteiger partial charge is 0.125 e. The second kappa shape index (κ2) is 3.72. The van der Waals surface area contributed by atoms with Crippen molar-refractivity contribution in [1.29, 1.82) is 5.26 Å². The first kappa shape index (κ1) is 10.3. The van der Waals surface area contributed by atoms with E-state index in [1.54, 1.807) is 0 Å². The average molecular weight is 283 g/mol. The van der Waals surface area contributed by atoms with Crippen LogP contribution in [0.5, 0.6) is 0 Å². The van der Waals surface area contributed by atoms with Gasteiger partial charge in [0, 0.05) is 16.1 Å². The number of halogens is 2. The lowest BCUT2D eigenvalue weighted by atomic mass is 10.1. The van der Waals surface area contributed by atoms with Gasteiger partial charge in [-0.15, -0.1) is 0 Å². The molecule has 1 aromatic carbocycles. The maximum absolute atomic E-state index is 13.1. The second-order valence-electron chi connectivity index (χ2n) is 2.95. The highest BCUT2D eigenvalue weighted by Crippen LogP contribution is 2.25. The highest BCUT2D eigenvalue weighted by Gasteiger charge is 2.06. The van der Waals surface area contributed by atoms with E-state index in [2.05, 4.69) is 20.9 Å². The number of benzene rings is 1. The average Bonchev–Trinajstić information content (AvgIpc) is 2.19. The zero-order chi connectivity index (χ0) is 11.0. The van der Waals surface area contributed by atoms with Crippen molar-refractivity contribution in [3.05, 3.63) is 38.7 Å². The van der Waals surface area contributed by atoms with E-state index in [1.807, 2.05) is 6.07 Å². The Morgan fingerprint density at radius 2 is 2.20 bits per heavy atom. The van der Waals surface area contributed by atoms with Crippen molar-refractivity contribution in [2.24, 2.45) is 0 Å². The van der Waals surface area contributed by atoms with Gasteiger partial charge in [-0.3, -0.25) is 0 Å². The fourth-order valence-electron chi connectivity index (χ4n) is 1.34. The Bertz CT molecular complexity index is 642. The molecule has 2 nitrogen and oxygen atoms in total. The molecule has 0 spiro atoms. The molecule has 0 fully saturated rings. The first-order valence-electron chi connectivity index (χ1n) is 4.04. The number of H-pyrrole nitrogens is 1. The topological polar surface area (TPSA) is 39.6 Å². The number of aromatic nitrogens is 1. The fourth-order valence-corrected chi connectivity index (χ4v) is 2.15. The van der Waals surface area contributed by atoms with Crippen LogP contribution in [0, 0.1) is 21.7 Å². The fraction of sp³-hybridized carbons (Fsp3) is 0. The van der Waals surface area contributed by atoms with Crippen molar-refractivity contribution < 1.29 is 4.39 Å². The quantitative estimate of drug-likeness (QED) is 0.749. The molecule has 1 N–H and O–H groups in total. The molecule has 5 heteroatoms. The number of nitriles is 1. The number of hydrogen-bond donors (Lipinski definition) is 1. The lowest BCUT2D eigenvalue weighted by Gasteiger charge is -2.02. The predicted octanol–water partition coefficient (Wildman–Crippen LogP) is 3.67. The van der Waals surface area contributed by atoms with Crippen LogP contribution in [0.2, 0.25) is 0 Å². The summed E-state index contributed by atoms with van der Waals surface area (Å²) in [5.41, 5.74) is 1.04. The third kappa shape index (κ3) is 1.66. The molecule has 0 radical (unpaired) electrons. The Kier molecular flexibility index (Phi) is 2.55. The number of aromatic amines is 1. The van der Waals surface area contributed by atoms with Crippen LogP contribution in [-0.2, 0) is 0 Å². The minimum Gasteiger partial charge on any atom is -0.359 e. The number of pyridine rings is 1. The molecule has 0 saturated heterocycles. The molecule has 0 aliphatic carbocycles. The standard InChI is InChI=1S/C10H4BrFN2S/c11-8-2-6(12)1-7-9(8)14-4-5(3-13)10(7)15/h1-2,4H,(H,14,15). The third-order valence-electron chi connectivity index (χ3n) is 2.03. The highest BCUT2D eigenvalue weighted by molar-refractivity contribution is 9.10. The van der Waals surface area contributed by atoms with Crippen LogP contribution in [0.4, 0.5) is 4.39 Å². The molecule has 2 aromatic rings. The van der Waals surface area contributed by atoms with E-state index < -0.39 is 0 Å². The molecule has 15 heavy (non-hydrogen) atoms. The summed E-state index contributed by atoms with van der Waals surface area (Å²) in [7, 11) is 0. The van der Waals surface area contributed by atoms with E-state index in [0.717, 1.165) is 0 Å². The summed E-state index contributed by atoms with van der Waals surface area (Å²) in [5, 5.41) is 9.31. The molecular formula is C10H4BrFN2S. The van der Waals surface area contributed by atoms with Crippen molar-refractivity contribution in [2.45, 2.75) is 0 Å². The van der Waals surface area contributed by atoms with Gasteiger partial charge >= 0.3 is 0 Å². The van der Waals surface area contributed by atoms with Gasteiger partial charge in [0.1, 0.15) is 11.9 Å². The summed E-state index contributed by atoms with van der Waals surface area (Å²) in [5.74, 6) is -0.385. The van der Waals surface area contributed by atoms with Gasteiger partial charge in [0.15, 0.2) is 0 Å². The van der Waals surface area contributed by atoms with Gasteiger partial charge in [-0.2, -0.15) is 5.26 Å². The summed E-state index contributed by atoms with van der Waals surface area (Å²) in [6.45, 7) is 0. The molecule has 1 aromatic heterocycles. The first-order chi connectivity index (χ1) is 7.13. The van der Waals surface area contributed by atoms with Gasteiger partial charge in [-0.05, 0) is 28.1 Å². The van der Waals surface area contributed by atoms with Crippen molar-refractivity contribution in [3.8, 4) is 6.07 Å². The van der Waals surface area contributed by atoms with Crippen LogP contribution >= 0.6 is 28.1 Å². The zero-order valence-electron chi connectivity index (χ0n) is 7.34. The Balaban J connectivity index is 3.01. The zero-order valence-corrected chi connectivity index (χ0v) is 9.75. The number of hydrogen-bond acceptors (Lipinski definition) is 2. The summed E-state index contributed by atoms with van der Waals surface area (Å²) < 4.78 is 14.1. The van der Waals surface area contributed by atoms with Crippen LogP contribution in [-0.4, -0.2) is 4.98 Å². The van der Waals surface area contributed by atoms with Gasteiger partial charge in [-0.25, -0.2) is 4.39 Å². The minimum absolute atomic E-state index is 0.343. The molecule has 0 bridgehead atoms. The van der Waals surface area contributed by atoms with E-state index in [0.29, 0.717) is 25.4 Å². The van der Waals surface area contributed by atoms with Crippen LogP contribution < -0.4 is 0 Å². The van der Waals surface area contributed by atoms with Crippen molar-refractivity contribution in [2.75, 3.05) is 0 Å². The van der Waals surface area contributed by atoms with Crippen molar-refractivity contribution in [3.63, 3.8) is 0 Å². The Morgan fingerprint density at radius 3 is 2.87 bits per heavy atom. The van der Waals surface area contributed by atoms with Gasteiger partial charge < -0.3 is 4.98 Å². The number of nitrogens with zero attached hydrogens (tertiary/aromatic N) is 1. The van der Waals surface area contributed by atoms with E-state index in [9.17, 15) is 4.39 Å². The molecule has 0 aliphatic heterocycles. The van der Waals surface area contributed by atoms with Gasteiger partial charge in [0.2, 0.25) is 0 Å². The maximum Gasteiger partial charge on any atom is 0.125 e. The second-order valence-corrected chi connectivity index (χ2v) is 4.22. The maximum atomic E-state index is 13.1. The monoisotopic (exact) mass is 282 g/mol. The normalized spacial score (nSPS) is 10.2. The molecule has 0 unspecified atom stereocenters. The van der Waals surface area contributed by atoms with Crippen molar-refractivity contribution in [1.82, 2.24) is 4.98 Å². The molecule has 0 saturated carbocycles. The van der Waals surface area contributed by atoms with Crippen LogP contribution in [0.15, 0.2) is 22.8 Å². The van der Waals surface area contributed by atoms with Crippen LogP contribution in [0.25, 0.3) is 10.9 Å². The van der Waals surface area contributed by atoms with Gasteiger partial charge in [0.05, 0.1) is 15.6 Å². The third-order valence-corrected chi connectivity index (χ3v) is 3.09. The number of rotatable bonds is 0. The summed E-state index contributed by atoms with van der Waals surface area (Å²) in [4.78, 5) is 2.90. The molecule has 74 valence electrons. The lowest BCUT2D eigenvalue weighted by molar-refractivity contribution is 0.629. The van der Waals surface area contributed by atoms with Crippen LogP contribution in [0.1, 0.15) is 5.56 Å². The number of fused-ring (bicyclic) bond motifs is 1. The summed E-state index contributed by atoms with van der Waals surface area (Å²) in [6.07, 6.45) is 1.52. The molecule has 0 aliphatic rings. The minimum atomic E-state index is -0.385. The Morgan fingerprint density at radius 1 is 1.47 bits per heavy atom.